The highest BCUT2D eigenvalue weighted by Crippen LogP contribution is 2.24. The van der Waals surface area contributed by atoms with Crippen LogP contribution in [0, 0.1) is 0 Å². The molecule has 0 aliphatic rings. The highest BCUT2D eigenvalue weighted by atomic mass is 32.1. The summed E-state index contributed by atoms with van der Waals surface area (Å²) in [5.41, 5.74) is 1.90. The SMILES string of the molecule is CC(CCCO)c1ccc(OCc2ccsc2C(=O)O)cc1. The number of carboxylic acids is 1. The Morgan fingerprint density at radius 1 is 1.27 bits per heavy atom. The zero-order chi connectivity index (χ0) is 15.9. The molecule has 0 saturated heterocycles. The smallest absolute Gasteiger partial charge is 0.346 e. The van der Waals surface area contributed by atoms with Gasteiger partial charge >= 0.3 is 5.97 Å². The van der Waals surface area contributed by atoms with Crippen molar-refractivity contribution in [1.29, 1.82) is 0 Å². The Kier molecular flexibility index (Phi) is 5.98. The van der Waals surface area contributed by atoms with Crippen LogP contribution in [0.2, 0.25) is 0 Å². The van der Waals surface area contributed by atoms with Gasteiger partial charge in [0, 0.05) is 12.2 Å². The molecule has 1 aromatic heterocycles. The summed E-state index contributed by atoms with van der Waals surface area (Å²) < 4.78 is 5.66. The minimum absolute atomic E-state index is 0.220. The maximum atomic E-state index is 11.0. The van der Waals surface area contributed by atoms with E-state index in [0.29, 0.717) is 16.4 Å². The molecule has 0 radical (unpaired) electrons. The molecule has 22 heavy (non-hydrogen) atoms. The predicted molar refractivity (Wildman–Crippen MR) is 86.8 cm³/mol. The van der Waals surface area contributed by atoms with Crippen molar-refractivity contribution in [2.75, 3.05) is 6.61 Å². The fraction of sp³-hybridized carbons (Fsp3) is 0.353. The molecule has 1 atom stereocenters. The number of benzene rings is 1. The van der Waals surface area contributed by atoms with Gasteiger partial charge in [0.05, 0.1) is 0 Å². The van der Waals surface area contributed by atoms with Crippen LogP contribution in [-0.4, -0.2) is 22.8 Å². The minimum Gasteiger partial charge on any atom is -0.489 e. The van der Waals surface area contributed by atoms with Crippen LogP contribution in [0.3, 0.4) is 0 Å². The second-order valence-corrected chi connectivity index (χ2v) is 6.12. The maximum Gasteiger partial charge on any atom is 0.346 e. The molecule has 2 N–H and O–H groups in total. The fourth-order valence-corrected chi connectivity index (χ4v) is 3.00. The van der Waals surface area contributed by atoms with Crippen LogP contribution in [0.1, 0.15) is 46.5 Å². The number of carbonyl (C=O) groups is 1. The number of rotatable bonds is 8. The third-order valence-electron chi connectivity index (χ3n) is 3.58. The standard InChI is InChI=1S/C17H20O4S/c1-12(3-2-9-18)13-4-6-15(7-5-13)21-11-14-8-10-22-16(14)17(19)20/h4-8,10,12,18H,2-3,9,11H2,1H3,(H,19,20). The molecular weight excluding hydrogens is 300 g/mol. The van der Waals surface area contributed by atoms with Gasteiger partial charge in [-0.15, -0.1) is 11.3 Å². The molecule has 0 aliphatic heterocycles. The van der Waals surface area contributed by atoms with E-state index in [2.05, 4.69) is 6.92 Å². The van der Waals surface area contributed by atoms with E-state index in [1.54, 1.807) is 11.4 Å². The first-order valence-electron chi connectivity index (χ1n) is 7.25. The van der Waals surface area contributed by atoms with Crippen molar-refractivity contribution >= 4 is 17.3 Å². The molecule has 0 spiro atoms. The predicted octanol–water partition coefficient (Wildman–Crippen LogP) is 3.90. The fourth-order valence-electron chi connectivity index (χ4n) is 2.25. The lowest BCUT2D eigenvalue weighted by molar-refractivity contribution is 0.0699. The Balaban J connectivity index is 1.94. The molecule has 0 fully saturated rings. The quantitative estimate of drug-likeness (QED) is 0.774. The van der Waals surface area contributed by atoms with E-state index in [1.807, 2.05) is 24.3 Å². The molecule has 0 amide bonds. The number of aliphatic hydroxyl groups is 1. The molecule has 1 heterocycles. The third-order valence-corrected chi connectivity index (χ3v) is 4.52. The van der Waals surface area contributed by atoms with Crippen LogP contribution in [0.25, 0.3) is 0 Å². The largest absolute Gasteiger partial charge is 0.489 e. The Bertz CT molecular complexity index is 603. The molecule has 118 valence electrons. The third kappa shape index (κ3) is 4.32. The maximum absolute atomic E-state index is 11.0. The van der Waals surface area contributed by atoms with Crippen molar-refractivity contribution in [2.24, 2.45) is 0 Å². The zero-order valence-electron chi connectivity index (χ0n) is 12.5. The number of hydrogen-bond donors (Lipinski definition) is 2. The lowest BCUT2D eigenvalue weighted by Gasteiger charge is -2.12. The average Bonchev–Trinajstić information content (AvgIpc) is 3.00. The van der Waals surface area contributed by atoms with E-state index in [-0.39, 0.29) is 13.2 Å². The molecule has 1 aromatic carbocycles. The number of aromatic carboxylic acids is 1. The first-order valence-corrected chi connectivity index (χ1v) is 8.13. The first kappa shape index (κ1) is 16.5. The van der Waals surface area contributed by atoms with Crippen LogP contribution in [0.5, 0.6) is 5.75 Å². The first-order chi connectivity index (χ1) is 10.6. The van der Waals surface area contributed by atoms with Crippen LogP contribution in [0.4, 0.5) is 0 Å². The summed E-state index contributed by atoms with van der Waals surface area (Å²) in [7, 11) is 0. The summed E-state index contributed by atoms with van der Waals surface area (Å²) in [5.74, 6) is 0.207. The van der Waals surface area contributed by atoms with Gasteiger partial charge in [0.1, 0.15) is 17.2 Å². The van der Waals surface area contributed by atoms with Gasteiger partial charge in [-0.25, -0.2) is 4.79 Å². The van der Waals surface area contributed by atoms with Gasteiger partial charge in [0.15, 0.2) is 0 Å². The van der Waals surface area contributed by atoms with E-state index in [1.165, 1.54) is 16.9 Å². The van der Waals surface area contributed by atoms with Crippen LogP contribution >= 0.6 is 11.3 Å². The molecule has 0 bridgehead atoms. The average molecular weight is 320 g/mol. The van der Waals surface area contributed by atoms with E-state index in [9.17, 15) is 4.79 Å². The van der Waals surface area contributed by atoms with Crippen molar-refractivity contribution in [3.8, 4) is 5.75 Å². The van der Waals surface area contributed by atoms with Crippen LogP contribution in [0.15, 0.2) is 35.7 Å². The van der Waals surface area contributed by atoms with Gasteiger partial charge in [-0.3, -0.25) is 0 Å². The van der Waals surface area contributed by atoms with Crippen molar-refractivity contribution in [1.82, 2.24) is 0 Å². The highest BCUT2D eigenvalue weighted by Gasteiger charge is 2.12. The van der Waals surface area contributed by atoms with Crippen molar-refractivity contribution in [2.45, 2.75) is 32.3 Å². The van der Waals surface area contributed by atoms with E-state index >= 15 is 0 Å². The van der Waals surface area contributed by atoms with Gasteiger partial charge in [0.2, 0.25) is 0 Å². The number of aliphatic hydroxyl groups excluding tert-OH is 1. The molecular formula is C17H20O4S. The summed E-state index contributed by atoms with van der Waals surface area (Å²) >= 11 is 1.21. The van der Waals surface area contributed by atoms with Crippen molar-refractivity contribution in [3.05, 3.63) is 51.7 Å². The van der Waals surface area contributed by atoms with Gasteiger partial charge in [0.25, 0.3) is 0 Å². The molecule has 0 saturated carbocycles. The monoisotopic (exact) mass is 320 g/mol. The van der Waals surface area contributed by atoms with Crippen molar-refractivity contribution < 1.29 is 19.7 Å². The lowest BCUT2D eigenvalue weighted by atomic mass is 9.96. The molecule has 4 nitrogen and oxygen atoms in total. The van der Waals surface area contributed by atoms with Gasteiger partial charge in [-0.05, 0) is 47.9 Å². The number of carboxylic acid groups (broad SMARTS) is 1. The van der Waals surface area contributed by atoms with Crippen LogP contribution < -0.4 is 4.74 Å². The normalized spacial score (nSPS) is 12.1. The number of thiophene rings is 1. The van der Waals surface area contributed by atoms with Gasteiger partial charge in [-0.2, -0.15) is 0 Å². The second kappa shape index (κ2) is 7.96. The zero-order valence-corrected chi connectivity index (χ0v) is 13.3. The van der Waals surface area contributed by atoms with E-state index in [0.717, 1.165) is 18.6 Å². The summed E-state index contributed by atoms with van der Waals surface area (Å²) in [6.07, 6.45) is 1.75. The van der Waals surface area contributed by atoms with E-state index in [4.69, 9.17) is 14.9 Å². The Morgan fingerprint density at radius 2 is 2.00 bits per heavy atom. The summed E-state index contributed by atoms with van der Waals surface area (Å²) in [6, 6.07) is 9.61. The van der Waals surface area contributed by atoms with Crippen LogP contribution in [-0.2, 0) is 6.61 Å². The Hall–Kier alpha value is -1.85. The van der Waals surface area contributed by atoms with E-state index < -0.39 is 5.97 Å². The van der Waals surface area contributed by atoms with Gasteiger partial charge in [-0.1, -0.05) is 19.1 Å². The number of ether oxygens (including phenoxy) is 1. The molecule has 5 heteroatoms. The number of hydrogen-bond acceptors (Lipinski definition) is 4. The molecule has 2 rings (SSSR count). The minimum atomic E-state index is -0.915. The molecule has 2 aromatic rings. The molecule has 1 unspecified atom stereocenters. The Morgan fingerprint density at radius 3 is 2.64 bits per heavy atom. The summed E-state index contributed by atoms with van der Waals surface area (Å²) in [5, 5.41) is 19.7. The lowest BCUT2D eigenvalue weighted by Crippen LogP contribution is -2.02. The van der Waals surface area contributed by atoms with Gasteiger partial charge < -0.3 is 14.9 Å². The molecule has 0 aliphatic carbocycles. The Labute approximate surface area is 134 Å². The highest BCUT2D eigenvalue weighted by molar-refractivity contribution is 7.12. The summed E-state index contributed by atoms with van der Waals surface area (Å²) in [4.78, 5) is 11.4. The summed E-state index contributed by atoms with van der Waals surface area (Å²) in [6.45, 7) is 2.61. The van der Waals surface area contributed by atoms with Crippen molar-refractivity contribution in [3.63, 3.8) is 0 Å². The second-order valence-electron chi connectivity index (χ2n) is 5.20. The topological polar surface area (TPSA) is 66.8 Å².